The summed E-state index contributed by atoms with van der Waals surface area (Å²) < 4.78 is 164. The maximum Gasteiger partial charge on any atom is 0.417 e. The summed E-state index contributed by atoms with van der Waals surface area (Å²) >= 11 is 8.41. The van der Waals surface area contributed by atoms with Crippen molar-refractivity contribution in [2.75, 3.05) is 83.5 Å². The summed E-state index contributed by atoms with van der Waals surface area (Å²) in [5, 5.41) is 4.91. The van der Waals surface area contributed by atoms with Crippen LogP contribution in [0.5, 0.6) is 17.2 Å². The van der Waals surface area contributed by atoms with Gasteiger partial charge in [0.05, 0.1) is 58.7 Å². The van der Waals surface area contributed by atoms with Crippen LogP contribution in [-0.2, 0) is 32.4 Å². The zero-order chi connectivity index (χ0) is 49.2. The molecule has 0 unspecified atom stereocenters. The fourth-order valence-corrected chi connectivity index (χ4v) is 12.5. The number of hydrogen-bond acceptors (Lipinski definition) is 13. The van der Waals surface area contributed by atoms with Crippen LogP contribution in [0.1, 0.15) is 11.1 Å². The Labute approximate surface area is 400 Å². The Morgan fingerprint density at radius 2 is 0.985 bits per heavy atom. The van der Waals surface area contributed by atoms with Crippen LogP contribution in [0.3, 0.4) is 0 Å². The van der Waals surface area contributed by atoms with E-state index < -0.39 is 59.1 Å². The van der Waals surface area contributed by atoms with E-state index in [1.165, 1.54) is 74.3 Å². The Morgan fingerprint density at radius 1 is 0.574 bits per heavy atom. The number of hydrogen-bond donors (Lipinski definition) is 0. The predicted molar refractivity (Wildman–Crippen MR) is 245 cm³/mol. The first-order valence-corrected chi connectivity index (χ1v) is 25.2. The Bertz CT molecular complexity index is 2950. The number of sulfonamides is 2. The zero-order valence-corrected chi connectivity index (χ0v) is 40.0. The lowest BCUT2D eigenvalue weighted by molar-refractivity contribution is -0.140. The molecule has 0 saturated carbocycles. The van der Waals surface area contributed by atoms with E-state index in [9.17, 15) is 47.6 Å². The molecule has 0 spiro atoms. The molecule has 0 aliphatic carbocycles. The quantitative estimate of drug-likeness (QED) is 0.115. The second kappa shape index (κ2) is 20.4. The number of rotatable bonds is 11. The number of ether oxygens (including phenoxy) is 3. The second-order valence-electron chi connectivity index (χ2n) is 14.8. The van der Waals surface area contributed by atoms with Gasteiger partial charge in [0.2, 0.25) is 25.8 Å². The molecule has 2 aliphatic rings. The molecule has 0 atom stereocenters. The number of nitrogens with zero attached hydrogens (tertiary/aromatic N) is 6. The summed E-state index contributed by atoms with van der Waals surface area (Å²) in [7, 11) is -4.06. The molecule has 25 heteroatoms. The predicted octanol–water partition coefficient (Wildman–Crippen LogP) is 9.50. The van der Waals surface area contributed by atoms with Gasteiger partial charge in [-0.05, 0) is 48.5 Å². The summed E-state index contributed by atoms with van der Waals surface area (Å²) in [4.78, 5) is 11.4. The van der Waals surface area contributed by atoms with Crippen molar-refractivity contribution in [1.82, 2.24) is 18.6 Å². The average molecular weight is 1050 g/mol. The van der Waals surface area contributed by atoms with E-state index >= 15 is 0 Å². The van der Waals surface area contributed by atoms with Gasteiger partial charge in [-0.15, -0.1) is 22.7 Å². The minimum Gasteiger partial charge on any atom is -0.493 e. The van der Waals surface area contributed by atoms with Crippen LogP contribution in [0.4, 0.5) is 41.0 Å². The maximum atomic E-state index is 13.7. The molecule has 4 aromatic carbocycles. The number of anilines is 2. The van der Waals surface area contributed by atoms with Crippen LogP contribution in [0.25, 0.3) is 22.5 Å². The number of methoxy groups -OCH3 is 3. The lowest BCUT2D eigenvalue weighted by Gasteiger charge is -2.34. The highest BCUT2D eigenvalue weighted by atomic mass is 35.5. The monoisotopic (exact) mass is 1050 g/mol. The van der Waals surface area contributed by atoms with Crippen LogP contribution < -0.4 is 24.0 Å². The minimum atomic E-state index is -4.77. The normalized spacial score (nSPS) is 15.5. The van der Waals surface area contributed by atoms with Gasteiger partial charge in [0, 0.05) is 74.2 Å². The first-order chi connectivity index (χ1) is 32.2. The van der Waals surface area contributed by atoms with Gasteiger partial charge in [-0.2, -0.15) is 35.0 Å². The minimum absolute atomic E-state index is 0.00799. The van der Waals surface area contributed by atoms with E-state index in [0.717, 1.165) is 44.5 Å². The third-order valence-electron chi connectivity index (χ3n) is 10.8. The number of benzene rings is 4. The van der Waals surface area contributed by atoms with Gasteiger partial charge >= 0.3 is 12.4 Å². The Morgan fingerprint density at radius 3 is 1.37 bits per heavy atom. The van der Waals surface area contributed by atoms with Crippen molar-refractivity contribution in [3.63, 3.8) is 0 Å². The highest BCUT2D eigenvalue weighted by Crippen LogP contribution is 2.43. The van der Waals surface area contributed by atoms with Crippen molar-refractivity contribution in [2.24, 2.45) is 0 Å². The standard InChI is InChI=1S/C23H24F3N3O5S2.C20H16ClF4N3O2S2/c1-32-18-12-15(13-19(33-2)21(18)34-3)17-14-35-22(27-17)28-8-10-29(11-9-28)36(30,31)20-7-5-4-6-16(20)23(24,25)26;21-15-6-5-13(11-16(15)22)17-12-31-19(26-17)27-7-9-28(10-8-27)32(29,30)18-4-2-1-3-14(18)20(23,24)25/h4-7,12-14H,8-11H2,1-3H3;1-6,11-12H,7-10H2. The fourth-order valence-electron chi connectivity index (χ4n) is 7.34. The molecule has 364 valence electrons. The first-order valence-electron chi connectivity index (χ1n) is 20.2. The Kier molecular flexibility index (Phi) is 15.2. The van der Waals surface area contributed by atoms with Gasteiger partial charge in [-0.3, -0.25) is 0 Å². The fraction of sp³-hybridized carbons (Fsp3) is 0.302. The molecule has 13 nitrogen and oxygen atoms in total. The lowest BCUT2D eigenvalue weighted by Crippen LogP contribution is -2.48. The van der Waals surface area contributed by atoms with E-state index in [2.05, 4.69) is 9.97 Å². The lowest BCUT2D eigenvalue weighted by atomic mass is 10.1. The number of halogens is 8. The SMILES string of the molecule is COc1cc(-c2csc(N3CCN(S(=O)(=O)c4ccccc4C(F)(F)F)CC3)n2)cc(OC)c1OC.O=S(=O)(c1ccccc1C(F)(F)F)N1CCN(c2nc(-c3ccc(Cl)c(F)c3)cs2)CC1. The number of alkyl halides is 6. The van der Waals surface area contributed by atoms with Crippen molar-refractivity contribution in [3.05, 3.63) is 112 Å². The number of aromatic nitrogens is 2. The van der Waals surface area contributed by atoms with E-state index in [4.69, 9.17) is 25.8 Å². The van der Waals surface area contributed by atoms with Crippen molar-refractivity contribution in [2.45, 2.75) is 22.1 Å². The number of thiazole rings is 2. The molecule has 68 heavy (non-hydrogen) atoms. The van der Waals surface area contributed by atoms with Crippen LogP contribution in [0.15, 0.2) is 99.4 Å². The van der Waals surface area contributed by atoms with Crippen molar-refractivity contribution >= 4 is 64.6 Å². The molecule has 8 rings (SSSR count). The van der Waals surface area contributed by atoms with Crippen molar-refractivity contribution in [3.8, 4) is 39.8 Å². The van der Waals surface area contributed by atoms with Crippen molar-refractivity contribution in [1.29, 1.82) is 0 Å². The van der Waals surface area contributed by atoms with Crippen LogP contribution in [0.2, 0.25) is 5.02 Å². The molecule has 0 radical (unpaired) electrons. The summed E-state index contributed by atoms with van der Waals surface area (Å²) in [5.74, 6) is 0.874. The van der Waals surface area contributed by atoms with E-state index in [1.807, 2.05) is 15.2 Å². The van der Waals surface area contributed by atoms with Gasteiger partial charge in [0.1, 0.15) is 5.82 Å². The third kappa shape index (κ3) is 10.8. The zero-order valence-electron chi connectivity index (χ0n) is 36.0. The van der Waals surface area contributed by atoms with Crippen LogP contribution in [-0.4, -0.2) is 109 Å². The topological polar surface area (TPSA) is 135 Å². The van der Waals surface area contributed by atoms with E-state index in [-0.39, 0.29) is 57.4 Å². The summed E-state index contributed by atoms with van der Waals surface area (Å²) in [6.45, 7) is 1.19. The molecular weight excluding hydrogens is 1010 g/mol. The molecular formula is C43H40ClF7N6O7S4. The van der Waals surface area contributed by atoms with Gasteiger partial charge in [-0.25, -0.2) is 31.2 Å². The highest BCUT2D eigenvalue weighted by molar-refractivity contribution is 7.89. The van der Waals surface area contributed by atoms with Gasteiger partial charge in [-0.1, -0.05) is 41.9 Å². The first kappa shape index (κ1) is 50.6. The van der Waals surface area contributed by atoms with Crippen LogP contribution in [0, 0.1) is 5.82 Å². The van der Waals surface area contributed by atoms with Gasteiger partial charge in [0.15, 0.2) is 21.8 Å². The molecule has 2 fully saturated rings. The molecule has 0 amide bonds. The summed E-state index contributed by atoms with van der Waals surface area (Å²) in [5.41, 5.74) is 0.180. The van der Waals surface area contributed by atoms with E-state index in [1.54, 1.807) is 23.6 Å². The molecule has 2 aromatic heterocycles. The Hall–Kier alpha value is -5.24. The second-order valence-corrected chi connectivity index (χ2v) is 20.7. The van der Waals surface area contributed by atoms with E-state index in [0.29, 0.717) is 44.5 Å². The van der Waals surface area contributed by atoms with Crippen LogP contribution >= 0.6 is 34.3 Å². The molecule has 4 heterocycles. The third-order valence-corrected chi connectivity index (χ3v) is 16.8. The molecule has 0 N–H and O–H groups in total. The summed E-state index contributed by atoms with van der Waals surface area (Å²) in [6.07, 6.45) is -9.54. The summed E-state index contributed by atoms with van der Waals surface area (Å²) in [6, 6.07) is 16.3. The molecule has 2 aliphatic heterocycles. The molecule has 6 aromatic rings. The highest BCUT2D eigenvalue weighted by Gasteiger charge is 2.41. The smallest absolute Gasteiger partial charge is 0.417 e. The van der Waals surface area contributed by atoms with Gasteiger partial charge < -0.3 is 24.0 Å². The number of piperazine rings is 2. The largest absolute Gasteiger partial charge is 0.493 e. The Balaban J connectivity index is 0.000000203. The molecule has 0 bridgehead atoms. The maximum absolute atomic E-state index is 13.7. The molecule has 2 saturated heterocycles. The average Bonchev–Trinajstić information content (AvgIpc) is 4.04. The van der Waals surface area contributed by atoms with Gasteiger partial charge in [0.25, 0.3) is 0 Å². The van der Waals surface area contributed by atoms with Crippen molar-refractivity contribution < 1.29 is 61.8 Å².